The van der Waals surface area contributed by atoms with Crippen LogP contribution in [0.3, 0.4) is 0 Å². The van der Waals surface area contributed by atoms with Gasteiger partial charge in [-0.25, -0.2) is 0 Å². The molecule has 0 bridgehead atoms. The van der Waals surface area contributed by atoms with E-state index in [-0.39, 0.29) is 0 Å². The summed E-state index contributed by atoms with van der Waals surface area (Å²) in [5.74, 6) is 3.51. The fourth-order valence-corrected chi connectivity index (χ4v) is 1.79. The first-order valence-corrected chi connectivity index (χ1v) is 6.62. The monoisotopic (exact) mass is 295 g/mol. The molecule has 0 amide bonds. The molecular weight excluding hydrogens is 278 g/mol. The first-order valence-electron chi connectivity index (χ1n) is 5.83. The number of hydrogen-bond donors (Lipinski definition) is 1. The Kier molecular flexibility index (Phi) is 6.76. The summed E-state index contributed by atoms with van der Waals surface area (Å²) in [4.78, 5) is 0. The number of unbranched alkanes of at least 4 members (excludes halogenated alkanes) is 1. The number of halogens is 1. The van der Waals surface area contributed by atoms with E-state index in [9.17, 15) is 0 Å². The van der Waals surface area contributed by atoms with Crippen LogP contribution in [0.4, 0.5) is 0 Å². The van der Waals surface area contributed by atoms with E-state index in [0.717, 1.165) is 36.2 Å². The van der Waals surface area contributed by atoms with Crippen molar-refractivity contribution in [1.82, 2.24) is 5.32 Å². The Morgan fingerprint density at radius 1 is 1.47 bits per heavy atom. The third-order valence-electron chi connectivity index (χ3n) is 2.32. The van der Waals surface area contributed by atoms with Gasteiger partial charge in [0, 0.05) is 17.4 Å². The average molecular weight is 296 g/mol. The van der Waals surface area contributed by atoms with Gasteiger partial charge in [-0.1, -0.05) is 22.9 Å². The number of terminal acetylenes is 1. The molecule has 0 radical (unpaired) electrons. The first-order chi connectivity index (χ1) is 8.27. The van der Waals surface area contributed by atoms with E-state index in [1.807, 2.05) is 12.1 Å². The van der Waals surface area contributed by atoms with Crippen LogP contribution in [0.1, 0.15) is 25.3 Å². The highest BCUT2D eigenvalue weighted by molar-refractivity contribution is 9.10. The molecule has 1 aromatic carbocycles. The fourth-order valence-electron chi connectivity index (χ4n) is 1.40. The zero-order valence-corrected chi connectivity index (χ0v) is 11.7. The standard InChI is InChI=1S/C14H18BrNO/c1-3-5-6-9-17-13-7-8-14(15)12(10-13)11-16-4-2/h1,7-8,10,16H,4-6,9,11H2,2H3. The van der Waals surface area contributed by atoms with E-state index in [1.54, 1.807) is 0 Å². The molecule has 0 saturated heterocycles. The summed E-state index contributed by atoms with van der Waals surface area (Å²) < 4.78 is 6.75. The van der Waals surface area contributed by atoms with Crippen LogP contribution >= 0.6 is 15.9 Å². The van der Waals surface area contributed by atoms with Gasteiger partial charge >= 0.3 is 0 Å². The van der Waals surface area contributed by atoms with Crippen LogP contribution < -0.4 is 10.1 Å². The van der Waals surface area contributed by atoms with Crippen molar-refractivity contribution in [2.45, 2.75) is 26.3 Å². The molecule has 0 heterocycles. The van der Waals surface area contributed by atoms with E-state index in [2.05, 4.69) is 40.2 Å². The van der Waals surface area contributed by atoms with Gasteiger partial charge in [0.1, 0.15) is 5.75 Å². The molecule has 0 aliphatic carbocycles. The lowest BCUT2D eigenvalue weighted by atomic mass is 10.2. The van der Waals surface area contributed by atoms with Gasteiger partial charge < -0.3 is 10.1 Å². The van der Waals surface area contributed by atoms with E-state index in [1.165, 1.54) is 5.56 Å². The molecule has 0 aliphatic heterocycles. The van der Waals surface area contributed by atoms with Crippen molar-refractivity contribution in [3.8, 4) is 18.1 Å². The summed E-state index contributed by atoms with van der Waals surface area (Å²) in [6, 6.07) is 6.04. The minimum absolute atomic E-state index is 0.673. The maximum Gasteiger partial charge on any atom is 0.119 e. The Balaban J connectivity index is 2.52. The molecule has 1 rings (SSSR count). The van der Waals surface area contributed by atoms with Crippen LogP contribution in [0.5, 0.6) is 5.75 Å². The van der Waals surface area contributed by atoms with Gasteiger partial charge in [0.2, 0.25) is 0 Å². The Morgan fingerprint density at radius 2 is 2.29 bits per heavy atom. The summed E-state index contributed by atoms with van der Waals surface area (Å²) in [5.41, 5.74) is 1.21. The Labute approximate surface area is 112 Å². The largest absolute Gasteiger partial charge is 0.494 e. The highest BCUT2D eigenvalue weighted by Crippen LogP contribution is 2.22. The van der Waals surface area contributed by atoms with E-state index >= 15 is 0 Å². The fraction of sp³-hybridized carbons (Fsp3) is 0.429. The number of ether oxygens (including phenoxy) is 1. The van der Waals surface area contributed by atoms with Crippen molar-refractivity contribution in [2.24, 2.45) is 0 Å². The normalized spacial score (nSPS) is 9.94. The summed E-state index contributed by atoms with van der Waals surface area (Å²) in [7, 11) is 0. The van der Waals surface area contributed by atoms with Crippen molar-refractivity contribution in [3.63, 3.8) is 0 Å². The Morgan fingerprint density at radius 3 is 3.00 bits per heavy atom. The lowest BCUT2D eigenvalue weighted by molar-refractivity contribution is 0.312. The van der Waals surface area contributed by atoms with Crippen molar-refractivity contribution in [2.75, 3.05) is 13.2 Å². The Hall–Kier alpha value is -0.980. The second-order valence-corrected chi connectivity index (χ2v) is 4.54. The van der Waals surface area contributed by atoms with Gasteiger partial charge in [0.25, 0.3) is 0 Å². The quantitative estimate of drug-likeness (QED) is 0.615. The summed E-state index contributed by atoms with van der Waals surface area (Å²) in [5, 5.41) is 3.30. The number of nitrogens with one attached hydrogen (secondary N) is 1. The van der Waals surface area contributed by atoms with Crippen LogP contribution in [0.25, 0.3) is 0 Å². The molecule has 0 aliphatic rings. The lowest BCUT2D eigenvalue weighted by Gasteiger charge is -2.09. The predicted octanol–water partition coefficient (Wildman–Crippen LogP) is 3.35. The first kappa shape index (κ1) is 14.1. The third kappa shape index (κ3) is 5.25. The zero-order valence-electron chi connectivity index (χ0n) is 10.1. The summed E-state index contributed by atoms with van der Waals surface area (Å²) >= 11 is 3.53. The molecule has 2 nitrogen and oxygen atoms in total. The molecule has 0 fully saturated rings. The molecule has 17 heavy (non-hydrogen) atoms. The smallest absolute Gasteiger partial charge is 0.119 e. The maximum atomic E-state index is 5.64. The topological polar surface area (TPSA) is 21.3 Å². The second-order valence-electron chi connectivity index (χ2n) is 3.69. The van der Waals surface area contributed by atoms with Crippen LogP contribution in [-0.2, 0) is 6.54 Å². The van der Waals surface area contributed by atoms with Crippen molar-refractivity contribution < 1.29 is 4.74 Å². The van der Waals surface area contributed by atoms with Crippen molar-refractivity contribution in [3.05, 3.63) is 28.2 Å². The van der Waals surface area contributed by atoms with Crippen LogP contribution in [-0.4, -0.2) is 13.2 Å². The summed E-state index contributed by atoms with van der Waals surface area (Å²) in [6.07, 6.45) is 6.85. The zero-order chi connectivity index (χ0) is 12.5. The molecule has 1 N–H and O–H groups in total. The predicted molar refractivity (Wildman–Crippen MR) is 75.1 cm³/mol. The van der Waals surface area contributed by atoms with E-state index in [0.29, 0.717) is 6.61 Å². The van der Waals surface area contributed by atoms with Crippen molar-refractivity contribution >= 4 is 15.9 Å². The minimum Gasteiger partial charge on any atom is -0.494 e. The molecule has 92 valence electrons. The van der Waals surface area contributed by atoms with Gasteiger partial charge in [-0.2, -0.15) is 0 Å². The van der Waals surface area contributed by atoms with Gasteiger partial charge in [-0.05, 0) is 36.7 Å². The molecule has 1 aromatic rings. The van der Waals surface area contributed by atoms with Gasteiger partial charge in [-0.3, -0.25) is 0 Å². The maximum absolute atomic E-state index is 5.64. The van der Waals surface area contributed by atoms with E-state index < -0.39 is 0 Å². The van der Waals surface area contributed by atoms with Crippen LogP contribution in [0.2, 0.25) is 0 Å². The molecule has 3 heteroatoms. The molecule has 0 atom stereocenters. The van der Waals surface area contributed by atoms with Crippen LogP contribution in [0.15, 0.2) is 22.7 Å². The molecule has 0 saturated carbocycles. The summed E-state index contributed by atoms with van der Waals surface area (Å²) in [6.45, 7) is 4.57. The highest BCUT2D eigenvalue weighted by atomic mass is 79.9. The second kappa shape index (κ2) is 8.16. The highest BCUT2D eigenvalue weighted by Gasteiger charge is 2.02. The van der Waals surface area contributed by atoms with Crippen molar-refractivity contribution in [1.29, 1.82) is 0 Å². The molecule has 0 aromatic heterocycles. The molecular formula is C14H18BrNO. The third-order valence-corrected chi connectivity index (χ3v) is 3.09. The minimum atomic E-state index is 0.673. The number of hydrogen-bond acceptors (Lipinski definition) is 2. The SMILES string of the molecule is C#CCCCOc1ccc(Br)c(CNCC)c1. The lowest BCUT2D eigenvalue weighted by Crippen LogP contribution is -2.12. The number of rotatable bonds is 7. The van der Waals surface area contributed by atoms with Gasteiger partial charge in [0.15, 0.2) is 0 Å². The number of benzene rings is 1. The average Bonchev–Trinajstić information content (AvgIpc) is 2.35. The van der Waals surface area contributed by atoms with Crippen LogP contribution in [0, 0.1) is 12.3 Å². The van der Waals surface area contributed by atoms with E-state index in [4.69, 9.17) is 11.2 Å². The molecule has 0 unspecified atom stereocenters. The molecule has 0 spiro atoms. The van der Waals surface area contributed by atoms with Gasteiger partial charge in [-0.15, -0.1) is 12.3 Å². The van der Waals surface area contributed by atoms with Gasteiger partial charge in [0.05, 0.1) is 6.61 Å². The Bertz CT molecular complexity index is 384.